The van der Waals surface area contributed by atoms with Crippen LogP contribution in [0.3, 0.4) is 0 Å². The van der Waals surface area contributed by atoms with Crippen molar-refractivity contribution in [2.75, 3.05) is 0 Å². The topological polar surface area (TPSA) is 34.9 Å². The van der Waals surface area contributed by atoms with Crippen molar-refractivity contribution < 1.29 is 4.79 Å². The van der Waals surface area contributed by atoms with E-state index in [0.717, 1.165) is 18.4 Å². The molecule has 1 rings (SSSR count). The lowest BCUT2D eigenvalue weighted by atomic mass is 10.2. The van der Waals surface area contributed by atoms with Gasteiger partial charge in [0.1, 0.15) is 6.29 Å². The Bertz CT molecular complexity index is 283. The van der Waals surface area contributed by atoms with Gasteiger partial charge in [0.05, 0.1) is 11.0 Å². The van der Waals surface area contributed by atoms with Gasteiger partial charge in [-0.2, -0.15) is 5.10 Å². The maximum absolute atomic E-state index is 10.5. The Morgan fingerprint density at radius 1 is 1.69 bits per heavy atom. The smallest absolute Gasteiger partial charge is 0.138 e. The van der Waals surface area contributed by atoms with Crippen LogP contribution in [0, 0.1) is 5.92 Å². The predicted octanol–water partition coefficient (Wildman–Crippen LogP) is 2.17. The van der Waals surface area contributed by atoms with Crippen LogP contribution in [-0.4, -0.2) is 16.1 Å². The van der Waals surface area contributed by atoms with E-state index in [1.54, 1.807) is 6.20 Å². The number of hydrogen-bond acceptors (Lipinski definition) is 2. The minimum atomic E-state index is -0.228. The first kappa shape index (κ1) is 10.4. The summed E-state index contributed by atoms with van der Waals surface area (Å²) in [5.41, 5.74) is 0.913. The van der Waals surface area contributed by atoms with E-state index in [2.05, 4.69) is 34.9 Å². The van der Waals surface area contributed by atoms with Gasteiger partial charge in [0.2, 0.25) is 0 Å². The van der Waals surface area contributed by atoms with Crippen molar-refractivity contribution in [3.63, 3.8) is 0 Å². The molecular formula is C9H13BrN2O. The van der Waals surface area contributed by atoms with Gasteiger partial charge in [0.25, 0.3) is 0 Å². The first-order valence-electron chi connectivity index (χ1n) is 4.25. The van der Waals surface area contributed by atoms with E-state index in [0.29, 0.717) is 5.92 Å². The summed E-state index contributed by atoms with van der Waals surface area (Å²) >= 11 is 3.24. The zero-order valence-electron chi connectivity index (χ0n) is 7.77. The Morgan fingerprint density at radius 3 is 2.92 bits per heavy atom. The Labute approximate surface area is 86.3 Å². The van der Waals surface area contributed by atoms with Gasteiger partial charge < -0.3 is 4.79 Å². The highest BCUT2D eigenvalue weighted by molar-refractivity contribution is 9.09. The molecule has 1 aromatic rings. The summed E-state index contributed by atoms with van der Waals surface area (Å²) in [6, 6.07) is 0. The van der Waals surface area contributed by atoms with Crippen LogP contribution < -0.4 is 0 Å². The molecule has 0 saturated carbocycles. The molecule has 72 valence electrons. The second kappa shape index (κ2) is 4.56. The molecule has 0 amide bonds. The first-order chi connectivity index (χ1) is 6.13. The van der Waals surface area contributed by atoms with Crippen LogP contribution in [0.4, 0.5) is 0 Å². The van der Waals surface area contributed by atoms with Crippen LogP contribution in [0.25, 0.3) is 0 Å². The highest BCUT2D eigenvalue weighted by Crippen LogP contribution is 2.19. The molecule has 1 unspecified atom stereocenters. The molecule has 13 heavy (non-hydrogen) atoms. The van der Waals surface area contributed by atoms with Crippen LogP contribution in [0.1, 0.15) is 24.2 Å². The lowest BCUT2D eigenvalue weighted by molar-refractivity contribution is -0.107. The molecule has 0 aliphatic rings. The number of carbonyl (C=O) groups excluding carboxylic acids is 1. The average molecular weight is 245 g/mol. The van der Waals surface area contributed by atoms with Gasteiger partial charge in [-0.3, -0.25) is 4.68 Å². The maximum atomic E-state index is 10.5. The Morgan fingerprint density at radius 2 is 2.38 bits per heavy atom. The van der Waals surface area contributed by atoms with E-state index in [1.165, 1.54) is 0 Å². The maximum Gasteiger partial charge on any atom is 0.138 e. The van der Waals surface area contributed by atoms with Crippen LogP contribution >= 0.6 is 15.9 Å². The highest BCUT2D eigenvalue weighted by atomic mass is 79.9. The number of alkyl halides is 1. The summed E-state index contributed by atoms with van der Waals surface area (Å²) in [4.78, 5) is 10.2. The van der Waals surface area contributed by atoms with Gasteiger partial charge in [-0.1, -0.05) is 29.8 Å². The molecule has 0 saturated heterocycles. The van der Waals surface area contributed by atoms with E-state index in [9.17, 15) is 4.79 Å². The van der Waals surface area contributed by atoms with Crippen molar-refractivity contribution in [2.45, 2.75) is 25.2 Å². The van der Waals surface area contributed by atoms with Crippen molar-refractivity contribution in [3.8, 4) is 0 Å². The van der Waals surface area contributed by atoms with E-state index >= 15 is 0 Å². The lowest BCUT2D eigenvalue weighted by Gasteiger charge is -2.03. The third-order valence-corrected chi connectivity index (χ3v) is 2.39. The molecule has 0 bridgehead atoms. The van der Waals surface area contributed by atoms with E-state index in [-0.39, 0.29) is 4.83 Å². The fourth-order valence-corrected chi connectivity index (χ4v) is 1.31. The van der Waals surface area contributed by atoms with E-state index < -0.39 is 0 Å². The standard InChI is InChI=1S/C9H13BrN2O/c1-7(2)4-12-5-8(3-11-12)9(10)6-13/h3,5-7,9H,4H2,1-2H3. The molecular weight excluding hydrogens is 232 g/mol. The zero-order chi connectivity index (χ0) is 9.84. The summed E-state index contributed by atoms with van der Waals surface area (Å²) in [7, 11) is 0. The second-order valence-corrected chi connectivity index (χ2v) is 4.41. The molecule has 0 aliphatic heterocycles. The predicted molar refractivity (Wildman–Crippen MR) is 54.8 cm³/mol. The Hall–Kier alpha value is -0.640. The van der Waals surface area contributed by atoms with Crippen LogP contribution in [0.2, 0.25) is 0 Å². The summed E-state index contributed by atoms with van der Waals surface area (Å²) in [6.45, 7) is 5.15. The van der Waals surface area contributed by atoms with Crippen molar-refractivity contribution in [1.82, 2.24) is 9.78 Å². The van der Waals surface area contributed by atoms with Gasteiger partial charge >= 0.3 is 0 Å². The largest absolute Gasteiger partial charge is 0.302 e. The molecule has 0 aromatic carbocycles. The van der Waals surface area contributed by atoms with Crippen LogP contribution in [0.5, 0.6) is 0 Å². The first-order valence-corrected chi connectivity index (χ1v) is 5.16. The van der Waals surface area contributed by atoms with Gasteiger partial charge in [-0.15, -0.1) is 0 Å². The highest BCUT2D eigenvalue weighted by Gasteiger charge is 2.08. The number of nitrogens with zero attached hydrogens (tertiary/aromatic N) is 2. The van der Waals surface area contributed by atoms with Crippen molar-refractivity contribution in [3.05, 3.63) is 18.0 Å². The Balaban J connectivity index is 2.68. The molecule has 0 spiro atoms. The fourth-order valence-electron chi connectivity index (χ4n) is 1.07. The van der Waals surface area contributed by atoms with Gasteiger partial charge in [0.15, 0.2) is 0 Å². The van der Waals surface area contributed by atoms with Crippen molar-refractivity contribution in [1.29, 1.82) is 0 Å². The SMILES string of the molecule is CC(C)Cn1cc(C(Br)C=O)cn1. The van der Waals surface area contributed by atoms with Crippen LogP contribution in [-0.2, 0) is 11.3 Å². The number of rotatable bonds is 4. The van der Waals surface area contributed by atoms with Gasteiger partial charge in [-0.25, -0.2) is 0 Å². The average Bonchev–Trinajstić information content (AvgIpc) is 2.50. The van der Waals surface area contributed by atoms with Crippen LogP contribution in [0.15, 0.2) is 12.4 Å². The molecule has 1 heterocycles. The molecule has 3 nitrogen and oxygen atoms in total. The number of halogens is 1. The van der Waals surface area contributed by atoms with Crippen molar-refractivity contribution in [2.24, 2.45) is 5.92 Å². The number of carbonyl (C=O) groups is 1. The summed E-state index contributed by atoms with van der Waals surface area (Å²) < 4.78 is 1.86. The third-order valence-electron chi connectivity index (χ3n) is 1.64. The Kier molecular flexibility index (Phi) is 3.66. The normalized spacial score (nSPS) is 13.2. The fraction of sp³-hybridized carbons (Fsp3) is 0.556. The number of hydrogen-bond donors (Lipinski definition) is 0. The molecule has 0 radical (unpaired) electrons. The number of aromatic nitrogens is 2. The zero-order valence-corrected chi connectivity index (χ0v) is 9.36. The third kappa shape index (κ3) is 2.95. The molecule has 0 aliphatic carbocycles. The second-order valence-electron chi connectivity index (χ2n) is 3.43. The summed E-state index contributed by atoms with van der Waals surface area (Å²) in [5, 5.41) is 4.15. The van der Waals surface area contributed by atoms with E-state index in [1.807, 2.05) is 10.9 Å². The minimum Gasteiger partial charge on any atom is -0.302 e. The van der Waals surface area contributed by atoms with Gasteiger partial charge in [0, 0.05) is 18.3 Å². The summed E-state index contributed by atoms with van der Waals surface area (Å²) in [6.07, 6.45) is 4.47. The summed E-state index contributed by atoms with van der Waals surface area (Å²) in [5.74, 6) is 0.567. The molecule has 1 atom stereocenters. The monoisotopic (exact) mass is 244 g/mol. The number of aldehydes is 1. The molecule has 0 N–H and O–H groups in total. The minimum absolute atomic E-state index is 0.228. The van der Waals surface area contributed by atoms with Gasteiger partial charge in [-0.05, 0) is 5.92 Å². The lowest BCUT2D eigenvalue weighted by Crippen LogP contribution is -2.04. The quantitative estimate of drug-likeness (QED) is 0.601. The molecule has 0 fully saturated rings. The molecule has 4 heteroatoms. The van der Waals surface area contributed by atoms with E-state index in [4.69, 9.17) is 0 Å². The molecule has 1 aromatic heterocycles. The van der Waals surface area contributed by atoms with Crippen molar-refractivity contribution >= 4 is 22.2 Å².